The second kappa shape index (κ2) is 4.35. The largest absolute Gasteiger partial charge is 0.393 e. The highest BCUT2D eigenvalue weighted by Crippen LogP contribution is 2.63. The average Bonchev–Trinajstić information content (AvgIpc) is 2.74. The van der Waals surface area contributed by atoms with Crippen molar-refractivity contribution in [3.05, 3.63) is 11.6 Å². The second-order valence-electron chi connectivity index (χ2n) is 8.61. The lowest BCUT2D eigenvalue weighted by Gasteiger charge is -2.55. The van der Waals surface area contributed by atoms with Crippen LogP contribution in [-0.4, -0.2) is 11.2 Å². The van der Waals surface area contributed by atoms with E-state index < -0.39 is 0 Å². The van der Waals surface area contributed by atoms with Gasteiger partial charge in [-0.2, -0.15) is 0 Å². The van der Waals surface area contributed by atoms with E-state index in [0.29, 0.717) is 5.41 Å². The van der Waals surface area contributed by atoms with E-state index in [2.05, 4.69) is 19.9 Å². The van der Waals surface area contributed by atoms with Crippen molar-refractivity contribution in [3.63, 3.8) is 0 Å². The van der Waals surface area contributed by atoms with E-state index in [1.807, 2.05) is 5.57 Å². The molecule has 4 rings (SSSR count). The number of aliphatic hydroxyl groups excluding tert-OH is 1. The lowest BCUT2D eigenvalue weighted by atomic mass is 9.49. The minimum absolute atomic E-state index is 0.0535. The van der Waals surface area contributed by atoms with E-state index in [-0.39, 0.29) is 11.5 Å². The van der Waals surface area contributed by atoms with Crippen molar-refractivity contribution in [2.75, 3.05) is 0 Å². The molecule has 0 amide bonds. The Morgan fingerprint density at radius 1 is 1.05 bits per heavy atom. The van der Waals surface area contributed by atoms with E-state index in [1.54, 1.807) is 0 Å². The van der Waals surface area contributed by atoms with Gasteiger partial charge in [0, 0.05) is 5.41 Å². The minimum Gasteiger partial charge on any atom is -0.393 e. The van der Waals surface area contributed by atoms with Gasteiger partial charge in [0.2, 0.25) is 0 Å². The Labute approximate surface area is 123 Å². The summed E-state index contributed by atoms with van der Waals surface area (Å²) in [5.74, 6) is 2.51. The molecule has 112 valence electrons. The maximum Gasteiger partial charge on any atom is 0.0599 e. The number of fused-ring (bicyclic) bond motifs is 5. The number of allylic oxidation sites excluding steroid dienone is 2. The maximum absolute atomic E-state index is 10.4. The van der Waals surface area contributed by atoms with Crippen molar-refractivity contribution >= 4 is 0 Å². The average molecular weight is 274 g/mol. The Bertz CT molecular complexity index is 439. The lowest BCUT2D eigenvalue weighted by Crippen LogP contribution is -2.47. The molecule has 0 heterocycles. The van der Waals surface area contributed by atoms with E-state index in [9.17, 15) is 5.11 Å². The molecule has 0 aromatic heterocycles. The predicted molar refractivity (Wildman–Crippen MR) is 82.3 cm³/mol. The number of aliphatic hydroxyl groups is 1. The molecular formula is C19H30O. The van der Waals surface area contributed by atoms with Gasteiger partial charge in [-0.25, -0.2) is 0 Å². The molecule has 4 aliphatic carbocycles. The summed E-state index contributed by atoms with van der Waals surface area (Å²) >= 11 is 0. The predicted octanol–water partition coefficient (Wildman–Crippen LogP) is 4.70. The van der Waals surface area contributed by atoms with Gasteiger partial charge in [0.1, 0.15) is 0 Å². The number of hydrogen-bond donors (Lipinski definition) is 1. The molecule has 0 aromatic carbocycles. The zero-order valence-corrected chi connectivity index (χ0v) is 13.2. The molecule has 2 unspecified atom stereocenters. The van der Waals surface area contributed by atoms with Crippen molar-refractivity contribution in [3.8, 4) is 0 Å². The van der Waals surface area contributed by atoms with Crippen LogP contribution in [-0.2, 0) is 0 Å². The summed E-state index contributed by atoms with van der Waals surface area (Å²) in [6, 6.07) is 0. The third kappa shape index (κ3) is 1.59. The quantitative estimate of drug-likeness (QED) is 0.635. The molecule has 20 heavy (non-hydrogen) atoms. The third-order valence-corrected chi connectivity index (χ3v) is 7.89. The number of rotatable bonds is 0. The molecule has 6 atom stereocenters. The van der Waals surface area contributed by atoms with Crippen molar-refractivity contribution in [2.45, 2.75) is 77.7 Å². The molecule has 0 bridgehead atoms. The van der Waals surface area contributed by atoms with Gasteiger partial charge in [-0.05, 0) is 68.1 Å². The molecule has 0 saturated heterocycles. The Balaban J connectivity index is 1.72. The molecule has 1 heteroatoms. The van der Waals surface area contributed by atoms with Crippen molar-refractivity contribution in [2.24, 2.45) is 28.6 Å². The van der Waals surface area contributed by atoms with Crippen LogP contribution >= 0.6 is 0 Å². The molecule has 1 N–H and O–H groups in total. The molecule has 0 aromatic rings. The summed E-state index contributed by atoms with van der Waals surface area (Å²) in [7, 11) is 0. The minimum atomic E-state index is -0.0535. The Hall–Kier alpha value is -0.300. The van der Waals surface area contributed by atoms with Crippen LogP contribution in [0.5, 0.6) is 0 Å². The van der Waals surface area contributed by atoms with Crippen LogP contribution in [0.3, 0.4) is 0 Å². The van der Waals surface area contributed by atoms with Crippen LogP contribution in [0.15, 0.2) is 11.6 Å². The topological polar surface area (TPSA) is 20.2 Å². The van der Waals surface area contributed by atoms with E-state index in [0.717, 1.165) is 30.6 Å². The summed E-state index contributed by atoms with van der Waals surface area (Å²) in [4.78, 5) is 0. The van der Waals surface area contributed by atoms with Crippen molar-refractivity contribution in [1.82, 2.24) is 0 Å². The van der Waals surface area contributed by atoms with Gasteiger partial charge in [-0.3, -0.25) is 0 Å². The first kappa shape index (κ1) is 13.4. The summed E-state index contributed by atoms with van der Waals surface area (Å²) in [6.07, 6.45) is 14.6. The van der Waals surface area contributed by atoms with Gasteiger partial charge in [0.15, 0.2) is 0 Å². The van der Waals surface area contributed by atoms with Crippen LogP contribution in [0, 0.1) is 28.6 Å². The van der Waals surface area contributed by atoms with Gasteiger partial charge < -0.3 is 5.11 Å². The van der Waals surface area contributed by atoms with Gasteiger partial charge in [-0.15, -0.1) is 0 Å². The molecule has 1 nitrogen and oxygen atoms in total. The zero-order valence-electron chi connectivity index (χ0n) is 13.2. The van der Waals surface area contributed by atoms with Crippen LogP contribution in [0.25, 0.3) is 0 Å². The van der Waals surface area contributed by atoms with Crippen molar-refractivity contribution in [1.29, 1.82) is 0 Å². The third-order valence-electron chi connectivity index (χ3n) is 7.89. The first-order chi connectivity index (χ1) is 9.56. The maximum atomic E-state index is 10.4. The first-order valence-electron chi connectivity index (χ1n) is 8.94. The molecule has 4 aliphatic rings. The van der Waals surface area contributed by atoms with Crippen molar-refractivity contribution < 1.29 is 5.11 Å². The molecule has 3 fully saturated rings. The zero-order chi connectivity index (χ0) is 14.0. The van der Waals surface area contributed by atoms with Crippen LogP contribution in [0.2, 0.25) is 0 Å². The fourth-order valence-electron chi connectivity index (χ4n) is 6.53. The van der Waals surface area contributed by atoms with Gasteiger partial charge in [0.05, 0.1) is 6.10 Å². The van der Waals surface area contributed by atoms with Crippen LogP contribution < -0.4 is 0 Å². The smallest absolute Gasteiger partial charge is 0.0599 e. The van der Waals surface area contributed by atoms with E-state index in [4.69, 9.17) is 0 Å². The summed E-state index contributed by atoms with van der Waals surface area (Å²) in [6.45, 7) is 4.93. The highest BCUT2D eigenvalue weighted by Gasteiger charge is 2.56. The molecular weight excluding hydrogens is 244 g/mol. The number of hydrogen-bond acceptors (Lipinski definition) is 1. The summed E-state index contributed by atoms with van der Waals surface area (Å²) in [5.41, 5.74) is 2.52. The Morgan fingerprint density at radius 3 is 2.75 bits per heavy atom. The normalized spacial score (nSPS) is 54.6. The SMILES string of the molecule is C[C@]12CC=C3C(CC[C@@H]4CCCC[C@]34C)C1CC[C@@H]2O. The lowest BCUT2D eigenvalue weighted by molar-refractivity contribution is -0.00606. The molecule has 0 aliphatic heterocycles. The summed E-state index contributed by atoms with van der Waals surface area (Å²) in [5, 5.41) is 10.4. The Morgan fingerprint density at radius 2 is 1.90 bits per heavy atom. The van der Waals surface area contributed by atoms with Crippen LogP contribution in [0.4, 0.5) is 0 Å². The second-order valence-corrected chi connectivity index (χ2v) is 8.61. The molecule has 3 saturated carbocycles. The molecule has 0 spiro atoms. The first-order valence-corrected chi connectivity index (χ1v) is 8.94. The monoisotopic (exact) mass is 274 g/mol. The highest BCUT2D eigenvalue weighted by molar-refractivity contribution is 5.28. The van der Waals surface area contributed by atoms with E-state index >= 15 is 0 Å². The van der Waals surface area contributed by atoms with Gasteiger partial charge in [0.25, 0.3) is 0 Å². The fourth-order valence-corrected chi connectivity index (χ4v) is 6.53. The van der Waals surface area contributed by atoms with E-state index in [1.165, 1.54) is 44.9 Å². The summed E-state index contributed by atoms with van der Waals surface area (Å²) < 4.78 is 0. The molecule has 0 radical (unpaired) electrons. The fraction of sp³-hybridized carbons (Fsp3) is 0.895. The Kier molecular flexibility index (Phi) is 2.91. The highest BCUT2D eigenvalue weighted by atomic mass is 16.3. The van der Waals surface area contributed by atoms with Gasteiger partial charge in [-0.1, -0.05) is 38.3 Å². The van der Waals surface area contributed by atoms with Gasteiger partial charge >= 0.3 is 0 Å². The standard InChI is InChI=1S/C19H30O/c1-18-11-4-3-5-13(18)6-7-14-15-8-9-17(20)19(15,2)12-10-16(14)18/h10,13-15,17,20H,3-9,11-12H2,1-2H3/t13-,14?,15?,17-,18-,19-/m0/s1. The van der Waals surface area contributed by atoms with Crippen LogP contribution in [0.1, 0.15) is 71.6 Å².